The van der Waals surface area contributed by atoms with Crippen molar-refractivity contribution in [1.82, 2.24) is 0 Å². The number of carbonyl (C=O) groups is 4. The number of allylic oxidation sites excluding steroid dienone is 2. The van der Waals surface area contributed by atoms with Gasteiger partial charge in [-0.25, -0.2) is 19.2 Å². The molecule has 0 bridgehead atoms. The number of phosphoric acid groups is 1. The predicted molar refractivity (Wildman–Crippen MR) is 362 cm³/mol. The quantitative estimate of drug-likeness (QED) is 0.0120. The van der Waals surface area contributed by atoms with Crippen LogP contribution in [-0.4, -0.2) is 119 Å². The van der Waals surface area contributed by atoms with Crippen molar-refractivity contribution in [2.45, 2.75) is 226 Å². The van der Waals surface area contributed by atoms with Gasteiger partial charge in [-0.1, -0.05) is 262 Å². The molecule has 2 aromatic rings. The molecule has 0 fully saturated rings. The molecule has 2 unspecified atom stereocenters. The summed E-state index contributed by atoms with van der Waals surface area (Å²) in [6.45, 7) is 25.4. The Morgan fingerprint density at radius 2 is 0.920 bits per heavy atom. The second-order valence-electron chi connectivity index (χ2n) is 23.0. The molecule has 2 aromatic carbocycles. The van der Waals surface area contributed by atoms with Gasteiger partial charge in [-0.05, 0) is 68.7 Å². The Morgan fingerprint density at radius 3 is 1.32 bits per heavy atom. The average molecular weight is 1260 g/mol. The van der Waals surface area contributed by atoms with E-state index in [0.29, 0.717) is 24.2 Å². The Kier molecular flexibility index (Phi) is 61.7. The number of hydrogen-bond donors (Lipinski definition) is 2. The molecule has 2 N–H and O–H groups in total. The Morgan fingerprint density at radius 1 is 0.534 bits per heavy atom. The van der Waals surface area contributed by atoms with Gasteiger partial charge in [0.1, 0.15) is 32.5 Å². The van der Waals surface area contributed by atoms with E-state index in [2.05, 4.69) is 120 Å². The van der Waals surface area contributed by atoms with Crippen LogP contribution in [0.4, 0.5) is 0 Å². The largest absolute Gasteiger partial charge is 0.756 e. The minimum absolute atomic E-state index is 0.0375. The van der Waals surface area contributed by atoms with Gasteiger partial charge in [0.2, 0.25) is 0 Å². The molecule has 0 saturated heterocycles. The van der Waals surface area contributed by atoms with E-state index in [1.807, 2.05) is 27.2 Å². The number of nitrogens with zero attached hydrogens (tertiary/aromatic N) is 1. The monoisotopic (exact) mass is 1260 g/mol. The molecular formula is C72H122NO14P. The van der Waals surface area contributed by atoms with Crippen LogP contribution in [0.25, 0.3) is 16.8 Å². The molecule has 504 valence electrons. The van der Waals surface area contributed by atoms with E-state index >= 15 is 0 Å². The number of hydrogen-bond acceptors (Lipinski definition) is 14. The fourth-order valence-electron chi connectivity index (χ4n) is 8.11. The first kappa shape index (κ1) is 87.2. The summed E-state index contributed by atoms with van der Waals surface area (Å²) in [6, 6.07) is 14.6. The number of carbonyl (C=O) groups excluding carboxylic acids is 4. The minimum atomic E-state index is -4.34. The van der Waals surface area contributed by atoms with Crippen LogP contribution in [0.3, 0.4) is 0 Å². The molecule has 0 aliphatic carbocycles. The zero-order chi connectivity index (χ0) is 66.4. The van der Waals surface area contributed by atoms with E-state index in [1.54, 1.807) is 0 Å². The molecular weight excluding hydrogens is 1130 g/mol. The van der Waals surface area contributed by atoms with Crippen molar-refractivity contribution in [1.29, 1.82) is 0 Å². The van der Waals surface area contributed by atoms with Gasteiger partial charge >= 0.3 is 23.9 Å². The van der Waals surface area contributed by atoms with Gasteiger partial charge in [0.15, 0.2) is 0 Å². The van der Waals surface area contributed by atoms with E-state index in [9.17, 15) is 28.6 Å². The van der Waals surface area contributed by atoms with Gasteiger partial charge in [-0.3, -0.25) is 4.57 Å². The summed E-state index contributed by atoms with van der Waals surface area (Å²) in [5, 5.41) is 19.6. The number of ether oxygens (including phenoxy) is 4. The molecule has 0 aliphatic rings. The van der Waals surface area contributed by atoms with Gasteiger partial charge in [0.25, 0.3) is 7.82 Å². The summed E-state index contributed by atoms with van der Waals surface area (Å²) < 4.78 is 40.2. The zero-order valence-electron chi connectivity index (χ0n) is 56.1. The lowest BCUT2D eigenvalue weighted by Crippen LogP contribution is -2.37. The van der Waals surface area contributed by atoms with Crippen molar-refractivity contribution >= 4 is 48.5 Å². The smallest absolute Gasteiger partial charge is 0.333 e. The van der Waals surface area contributed by atoms with Gasteiger partial charge < -0.3 is 47.6 Å². The summed E-state index contributed by atoms with van der Waals surface area (Å²) in [7, 11) is 1.41. The Bertz CT molecular complexity index is 2180. The second kappa shape index (κ2) is 62.2. The van der Waals surface area contributed by atoms with Crippen molar-refractivity contribution in [3.05, 3.63) is 116 Å². The number of aliphatic hydroxyl groups is 2. The topological polar surface area (TPSA) is 204 Å². The van der Waals surface area contributed by atoms with Crippen molar-refractivity contribution < 1.29 is 71.3 Å². The summed E-state index contributed by atoms with van der Waals surface area (Å²) in [4.78, 5) is 54.6. The number of likely N-dealkylation sites (N-methyl/N-ethyl adjacent to an activating group) is 1. The Labute approximate surface area is 534 Å². The highest BCUT2D eigenvalue weighted by Crippen LogP contribution is 2.37. The maximum absolute atomic E-state index is 11.3. The Hall–Kier alpha value is -4.99. The summed E-state index contributed by atoms with van der Waals surface area (Å²) >= 11 is 0. The molecule has 16 heteroatoms. The molecule has 0 spiro atoms. The number of fused-ring (bicyclic) bond motifs is 1. The van der Waals surface area contributed by atoms with Gasteiger partial charge in [-0.15, -0.1) is 0 Å². The number of benzene rings is 2. The van der Waals surface area contributed by atoms with E-state index in [-0.39, 0.29) is 49.5 Å². The minimum Gasteiger partial charge on any atom is -0.756 e. The highest BCUT2D eigenvalue weighted by molar-refractivity contribution is 7.45. The lowest BCUT2D eigenvalue weighted by atomic mass is 10.0. The average Bonchev–Trinajstić information content (AvgIpc) is 3.66. The molecule has 15 nitrogen and oxygen atoms in total. The van der Waals surface area contributed by atoms with Gasteiger partial charge in [0.05, 0.1) is 47.6 Å². The zero-order valence-corrected chi connectivity index (χ0v) is 57.0. The number of unbranched alkanes of at least 4 members (excludes halogenated alkanes) is 27. The molecule has 0 saturated carbocycles. The molecule has 88 heavy (non-hydrogen) atoms. The van der Waals surface area contributed by atoms with E-state index in [1.165, 1.54) is 216 Å². The predicted octanol–water partition coefficient (Wildman–Crippen LogP) is 17.0. The molecule has 0 amide bonds. The number of phosphoric ester groups is 1. The SMILES string of the molecule is C=C(C)C(=O)OCC(O)CO.C=C(C)C(=O)OCCOP(=O)([O-])OCC[N+](C)(C)C.C=CC(=O)OCCCCCCCC/C=C/CCCCCCCC.C=CC(=O)OCCCCCCCCCCCCCCCCCC.C=Cc1cccc2ccccc12. The lowest BCUT2D eigenvalue weighted by molar-refractivity contribution is -0.870. The fourth-order valence-corrected chi connectivity index (χ4v) is 8.79. The summed E-state index contributed by atoms with van der Waals surface area (Å²) in [5.41, 5.74) is 1.72. The number of aliphatic hydroxyl groups excluding tert-OH is 2. The third-order valence-electron chi connectivity index (χ3n) is 13.4. The number of esters is 4. The first-order chi connectivity index (χ1) is 42.1. The standard InChI is InChI=1S/C21H40O2.C21H38O2.C12H10.C11H22NO6P.C7H12O4/c2*1-3-5-6-7-8-9-10-11-12-13-14-15-16-17-18-19-20-23-21(22)4-2;1-2-10-7-5-8-11-6-3-4-9-12(10)11;1-10(2)11(13)16-8-9-18-19(14,15)17-7-6-12(3,4)5;1-5(2)7(10)11-4-6(9)3-8/h4H,2-3,5-20H2,1H3;4,11-12H,2-3,5-10,13-20H2,1H3;2-9H,1H2;1,6-9H2,2-5H3;6,8-9H,1,3-4H2,2H3/b;12-11+;;;. The second-order valence-corrected chi connectivity index (χ2v) is 24.4. The number of rotatable bonds is 49. The van der Waals surface area contributed by atoms with E-state index < -0.39 is 32.5 Å². The first-order valence-electron chi connectivity index (χ1n) is 32.8. The molecule has 2 rings (SSSR count). The van der Waals surface area contributed by atoms with E-state index in [4.69, 9.17) is 19.7 Å². The third-order valence-corrected chi connectivity index (χ3v) is 14.4. The van der Waals surface area contributed by atoms with Crippen LogP contribution in [0.2, 0.25) is 0 Å². The highest BCUT2D eigenvalue weighted by atomic mass is 31.2. The van der Waals surface area contributed by atoms with Crippen molar-refractivity contribution in [2.75, 3.05) is 73.9 Å². The molecule has 0 heterocycles. The van der Waals surface area contributed by atoms with Crippen LogP contribution in [-0.2, 0) is 51.7 Å². The van der Waals surface area contributed by atoms with Crippen LogP contribution in [0.15, 0.2) is 111 Å². The van der Waals surface area contributed by atoms with E-state index in [0.717, 1.165) is 19.3 Å². The van der Waals surface area contributed by atoms with Gasteiger partial charge in [0, 0.05) is 23.3 Å². The maximum atomic E-state index is 11.3. The van der Waals surface area contributed by atoms with Crippen LogP contribution >= 0.6 is 7.82 Å². The highest BCUT2D eigenvalue weighted by Gasteiger charge is 2.14. The fraction of sp³-hybridized carbons (Fsp3) is 0.639. The molecule has 2 atom stereocenters. The van der Waals surface area contributed by atoms with Crippen molar-refractivity contribution in [2.24, 2.45) is 0 Å². The first-order valence-corrected chi connectivity index (χ1v) is 34.3. The van der Waals surface area contributed by atoms with Crippen LogP contribution in [0.5, 0.6) is 0 Å². The van der Waals surface area contributed by atoms with Crippen molar-refractivity contribution in [3.63, 3.8) is 0 Å². The van der Waals surface area contributed by atoms with Crippen LogP contribution in [0, 0.1) is 0 Å². The third kappa shape index (κ3) is 62.6. The normalized spacial score (nSPS) is 11.8. The number of quaternary nitrogens is 1. The van der Waals surface area contributed by atoms with Crippen LogP contribution in [0.1, 0.15) is 226 Å². The molecule has 0 aliphatic heterocycles. The Balaban J connectivity index is -0.00000105. The maximum Gasteiger partial charge on any atom is 0.333 e. The molecule has 0 radical (unpaired) electrons. The summed E-state index contributed by atoms with van der Waals surface area (Å²) in [6.07, 6.45) is 47.9. The molecule has 0 aromatic heterocycles. The van der Waals surface area contributed by atoms with Gasteiger partial charge in [-0.2, -0.15) is 0 Å². The lowest BCUT2D eigenvalue weighted by Gasteiger charge is -2.27. The van der Waals surface area contributed by atoms with Crippen LogP contribution < -0.4 is 4.89 Å². The van der Waals surface area contributed by atoms with Crippen molar-refractivity contribution in [3.8, 4) is 0 Å². The summed E-state index contributed by atoms with van der Waals surface area (Å²) in [5.74, 6) is -1.75.